The second-order valence-corrected chi connectivity index (χ2v) is 10.6. The fourth-order valence-electron chi connectivity index (χ4n) is 5.11. The lowest BCUT2D eigenvalue weighted by Gasteiger charge is -2.30. The van der Waals surface area contributed by atoms with E-state index in [0.29, 0.717) is 36.3 Å². The van der Waals surface area contributed by atoms with Crippen LogP contribution in [0.4, 0.5) is 13.2 Å². The molecule has 0 saturated carbocycles. The van der Waals surface area contributed by atoms with Crippen molar-refractivity contribution >= 4 is 0 Å². The number of rotatable bonds is 14. The molecule has 0 spiro atoms. The smallest absolute Gasteiger partial charge is 0.201 e. The van der Waals surface area contributed by atoms with Crippen molar-refractivity contribution in [1.29, 1.82) is 0 Å². The molecule has 0 radical (unpaired) electrons. The van der Waals surface area contributed by atoms with Gasteiger partial charge in [-0.05, 0) is 61.1 Å². The van der Waals surface area contributed by atoms with E-state index in [1.54, 1.807) is 36.4 Å². The number of ether oxygens (including phenoxy) is 3. The molecule has 0 aliphatic carbocycles. The molecule has 6 heteroatoms. The van der Waals surface area contributed by atoms with Gasteiger partial charge in [-0.2, -0.15) is 4.39 Å². The Bertz CT molecular complexity index is 1260. The summed E-state index contributed by atoms with van der Waals surface area (Å²) >= 11 is 0. The SMILES string of the molecule is C/C=C\CCOc1ccc(-c2ccc(-c3ccc(C4COC(CCCCCCCC)OC4)cc3F)cc2)c(F)c1F. The van der Waals surface area contributed by atoms with Crippen molar-refractivity contribution in [3.8, 4) is 28.0 Å². The molecule has 1 aliphatic heterocycles. The minimum Gasteiger partial charge on any atom is -0.490 e. The highest BCUT2D eigenvalue weighted by Crippen LogP contribution is 2.33. The molecule has 41 heavy (non-hydrogen) atoms. The summed E-state index contributed by atoms with van der Waals surface area (Å²) in [5, 5.41) is 0. The topological polar surface area (TPSA) is 27.7 Å². The van der Waals surface area contributed by atoms with Gasteiger partial charge in [-0.25, -0.2) is 8.78 Å². The first-order valence-electron chi connectivity index (χ1n) is 14.9. The van der Waals surface area contributed by atoms with Crippen molar-refractivity contribution in [3.63, 3.8) is 0 Å². The maximum atomic E-state index is 15.2. The standard InChI is InChI=1S/C35H41F3O3/c1-3-5-7-8-9-10-12-33-40-23-28(24-41-33)27-17-18-29(31(36)22-27)25-13-15-26(16-14-25)30-19-20-32(35(38)34(30)37)39-21-11-6-4-2/h4,6,13-20,22,28,33H,3,5,7-12,21,23-24H2,1-2H3/b6-4-. The predicted molar refractivity (Wildman–Crippen MR) is 159 cm³/mol. The van der Waals surface area contributed by atoms with Gasteiger partial charge in [-0.15, -0.1) is 0 Å². The van der Waals surface area contributed by atoms with E-state index in [-0.39, 0.29) is 35.9 Å². The first-order valence-corrected chi connectivity index (χ1v) is 14.9. The number of halogens is 3. The summed E-state index contributed by atoms with van der Waals surface area (Å²) in [6, 6.07) is 14.9. The molecular formula is C35H41F3O3. The van der Waals surface area contributed by atoms with Gasteiger partial charge in [0.25, 0.3) is 0 Å². The van der Waals surface area contributed by atoms with Crippen molar-refractivity contribution in [3.05, 3.63) is 89.8 Å². The molecule has 1 fully saturated rings. The second kappa shape index (κ2) is 15.8. The van der Waals surface area contributed by atoms with Crippen LogP contribution in [0.5, 0.6) is 5.75 Å². The summed E-state index contributed by atoms with van der Waals surface area (Å²) in [5.41, 5.74) is 2.55. The highest BCUT2D eigenvalue weighted by molar-refractivity contribution is 5.71. The molecular weight excluding hydrogens is 525 g/mol. The third-order valence-corrected chi connectivity index (χ3v) is 7.56. The third kappa shape index (κ3) is 8.46. The van der Waals surface area contributed by atoms with E-state index >= 15 is 4.39 Å². The van der Waals surface area contributed by atoms with Crippen molar-refractivity contribution in [2.24, 2.45) is 0 Å². The zero-order valence-corrected chi connectivity index (χ0v) is 24.1. The van der Waals surface area contributed by atoms with Gasteiger partial charge in [0.1, 0.15) is 5.82 Å². The Morgan fingerprint density at radius 1 is 0.805 bits per heavy atom. The number of benzene rings is 3. The molecule has 3 aromatic rings. The van der Waals surface area contributed by atoms with Gasteiger partial charge < -0.3 is 14.2 Å². The molecule has 3 nitrogen and oxygen atoms in total. The minimum absolute atomic E-state index is 0.0188. The maximum absolute atomic E-state index is 15.2. The van der Waals surface area contributed by atoms with E-state index in [0.717, 1.165) is 18.4 Å². The normalized spacial score (nSPS) is 17.3. The van der Waals surface area contributed by atoms with Crippen LogP contribution in [0.2, 0.25) is 0 Å². The summed E-state index contributed by atoms with van der Waals surface area (Å²) in [4.78, 5) is 0. The highest BCUT2D eigenvalue weighted by Gasteiger charge is 2.24. The van der Waals surface area contributed by atoms with Crippen LogP contribution in [0.25, 0.3) is 22.3 Å². The molecule has 1 aliphatic rings. The van der Waals surface area contributed by atoms with Crippen molar-refractivity contribution in [2.45, 2.75) is 77.4 Å². The van der Waals surface area contributed by atoms with E-state index in [9.17, 15) is 8.78 Å². The van der Waals surface area contributed by atoms with Crippen LogP contribution in [0.3, 0.4) is 0 Å². The summed E-state index contributed by atoms with van der Waals surface area (Å²) in [7, 11) is 0. The van der Waals surface area contributed by atoms with Crippen LogP contribution in [-0.2, 0) is 9.47 Å². The van der Waals surface area contributed by atoms with Gasteiger partial charge in [0.15, 0.2) is 17.9 Å². The van der Waals surface area contributed by atoms with Crippen molar-refractivity contribution < 1.29 is 27.4 Å². The fourth-order valence-corrected chi connectivity index (χ4v) is 5.11. The van der Waals surface area contributed by atoms with Crippen LogP contribution in [0.1, 0.15) is 76.7 Å². The Balaban J connectivity index is 1.34. The molecule has 0 bridgehead atoms. The van der Waals surface area contributed by atoms with Crippen molar-refractivity contribution in [2.75, 3.05) is 19.8 Å². The molecule has 1 saturated heterocycles. The van der Waals surface area contributed by atoms with Gasteiger partial charge in [0.2, 0.25) is 5.82 Å². The minimum atomic E-state index is -1.02. The number of allylic oxidation sites excluding steroid dienone is 1. The summed E-state index contributed by atoms with van der Waals surface area (Å²) in [5.74, 6) is -2.46. The first-order chi connectivity index (χ1) is 20.0. The quantitative estimate of drug-likeness (QED) is 0.144. The van der Waals surface area contributed by atoms with Gasteiger partial charge in [-0.3, -0.25) is 0 Å². The Kier molecular flexibility index (Phi) is 11.9. The van der Waals surface area contributed by atoms with Gasteiger partial charge in [-0.1, -0.05) is 87.6 Å². The zero-order valence-electron chi connectivity index (χ0n) is 24.1. The van der Waals surface area contributed by atoms with Crippen LogP contribution < -0.4 is 4.74 Å². The third-order valence-electron chi connectivity index (χ3n) is 7.56. The Labute approximate surface area is 242 Å². The molecule has 4 rings (SSSR count). The average molecular weight is 567 g/mol. The maximum Gasteiger partial charge on any atom is 0.201 e. The molecule has 0 aromatic heterocycles. The van der Waals surface area contributed by atoms with E-state index in [1.807, 2.05) is 25.1 Å². The summed E-state index contributed by atoms with van der Waals surface area (Å²) in [6.07, 6.45) is 12.5. The zero-order chi connectivity index (χ0) is 29.0. The van der Waals surface area contributed by atoms with E-state index in [1.165, 1.54) is 44.2 Å². The molecule has 3 aromatic carbocycles. The van der Waals surface area contributed by atoms with Crippen LogP contribution in [-0.4, -0.2) is 26.1 Å². The number of hydrogen-bond acceptors (Lipinski definition) is 3. The summed E-state index contributed by atoms with van der Waals surface area (Å²) < 4.78 is 61.8. The number of unbranched alkanes of at least 4 members (excludes halogenated alkanes) is 5. The lowest BCUT2D eigenvalue weighted by molar-refractivity contribution is -0.190. The lowest BCUT2D eigenvalue weighted by atomic mass is 9.95. The van der Waals surface area contributed by atoms with E-state index in [2.05, 4.69) is 6.92 Å². The molecule has 220 valence electrons. The summed E-state index contributed by atoms with van der Waals surface area (Å²) in [6.45, 7) is 5.39. The number of hydrogen-bond donors (Lipinski definition) is 0. The monoisotopic (exact) mass is 566 g/mol. The highest BCUT2D eigenvalue weighted by atomic mass is 19.2. The first kappa shape index (κ1) is 30.9. The predicted octanol–water partition coefficient (Wildman–Crippen LogP) is 9.99. The molecule has 1 heterocycles. The second-order valence-electron chi connectivity index (χ2n) is 10.6. The van der Waals surface area contributed by atoms with Gasteiger partial charge in [0, 0.05) is 17.0 Å². The van der Waals surface area contributed by atoms with Crippen LogP contribution in [0.15, 0.2) is 66.7 Å². The molecule has 0 unspecified atom stereocenters. The largest absolute Gasteiger partial charge is 0.490 e. The van der Waals surface area contributed by atoms with Gasteiger partial charge in [0.05, 0.1) is 19.8 Å². The van der Waals surface area contributed by atoms with Crippen molar-refractivity contribution in [1.82, 2.24) is 0 Å². The lowest BCUT2D eigenvalue weighted by Crippen LogP contribution is -2.30. The Hall–Kier alpha value is -3.09. The molecule has 0 atom stereocenters. The van der Waals surface area contributed by atoms with Gasteiger partial charge >= 0.3 is 0 Å². The van der Waals surface area contributed by atoms with E-state index in [4.69, 9.17) is 14.2 Å². The van der Waals surface area contributed by atoms with Crippen LogP contribution >= 0.6 is 0 Å². The Morgan fingerprint density at radius 3 is 2.15 bits per heavy atom. The molecule has 0 amide bonds. The molecule has 0 N–H and O–H groups in total. The van der Waals surface area contributed by atoms with Crippen LogP contribution in [0, 0.1) is 17.5 Å². The average Bonchev–Trinajstić information content (AvgIpc) is 3.00. The Morgan fingerprint density at radius 2 is 1.46 bits per heavy atom. The van der Waals surface area contributed by atoms with E-state index < -0.39 is 11.6 Å². The fraction of sp³-hybridized carbons (Fsp3) is 0.429.